The van der Waals surface area contributed by atoms with E-state index in [2.05, 4.69) is 5.32 Å². The number of ether oxygens (including phenoxy) is 1. The number of carbonyl (C=O) groups excluding carboxylic acids is 3. The highest BCUT2D eigenvalue weighted by molar-refractivity contribution is 7.12. The van der Waals surface area contributed by atoms with Gasteiger partial charge in [0.05, 0.1) is 18.6 Å². The fourth-order valence-electron chi connectivity index (χ4n) is 4.55. The molecule has 17 heteroatoms. The number of nitrogens with two attached hydrogens (primary N) is 1. The van der Waals surface area contributed by atoms with E-state index in [1.807, 2.05) is 6.07 Å². The third kappa shape index (κ3) is 10.5. The number of halogens is 6. The molecule has 10 nitrogen and oxygen atoms in total. The van der Waals surface area contributed by atoms with E-state index in [1.165, 1.54) is 47.7 Å². The lowest BCUT2D eigenvalue weighted by Crippen LogP contribution is -2.50. The lowest BCUT2D eigenvalue weighted by atomic mass is 10.0. The Labute approximate surface area is 274 Å². The lowest BCUT2D eigenvalue weighted by Gasteiger charge is -2.31. The smallest absolute Gasteiger partial charge is 0.475 e. The summed E-state index contributed by atoms with van der Waals surface area (Å²) in [5.41, 5.74) is 6.70. The van der Waals surface area contributed by atoms with E-state index < -0.39 is 35.8 Å². The number of esters is 1. The number of thiophene rings is 1. The van der Waals surface area contributed by atoms with Gasteiger partial charge in [-0.2, -0.15) is 26.3 Å². The molecule has 0 unspecified atom stereocenters. The van der Waals surface area contributed by atoms with Gasteiger partial charge in [0.1, 0.15) is 11.9 Å². The number of rotatable bonds is 9. The zero-order chi connectivity index (χ0) is 35.8. The minimum absolute atomic E-state index is 0.0185. The van der Waals surface area contributed by atoms with Crippen molar-refractivity contribution in [1.82, 2.24) is 10.2 Å². The van der Waals surface area contributed by atoms with Crippen molar-refractivity contribution < 1.29 is 55.4 Å². The van der Waals surface area contributed by atoms with Crippen LogP contribution in [0, 0.1) is 5.41 Å². The van der Waals surface area contributed by atoms with E-state index >= 15 is 0 Å². The standard InChI is InChI=1S/C29H29F3N4O4S.C2HF3O2/c1-2-40-25(37)15-22-14-20-16-36(12-11-24(20)41-22)28(39)23(13-17-3-9-21(10-4-17)29(30,31)32)35-27(38)19-7-5-18(6-8-19)26(33)34;3-2(4,5)1(6)7/h3-10,14,23H,2,11-13,15-16H2,1H3,(H3,33,34)(H,35,38);(H,6,7)/t23-;/m0./s1. The number of hydrogen-bond donors (Lipinski definition) is 4. The summed E-state index contributed by atoms with van der Waals surface area (Å²) >= 11 is 1.50. The summed E-state index contributed by atoms with van der Waals surface area (Å²) in [6.45, 7) is 2.69. The van der Waals surface area contributed by atoms with Crippen LogP contribution in [0.1, 0.15) is 49.3 Å². The van der Waals surface area contributed by atoms with Crippen LogP contribution in [-0.2, 0) is 51.1 Å². The number of nitrogens with zero attached hydrogens (tertiary/aromatic N) is 1. The Balaban J connectivity index is 0.000000804. The highest BCUT2D eigenvalue weighted by Crippen LogP contribution is 2.31. The first kappa shape index (κ1) is 37.5. The van der Waals surface area contributed by atoms with E-state index in [0.29, 0.717) is 30.7 Å². The molecule has 258 valence electrons. The zero-order valence-corrected chi connectivity index (χ0v) is 26.0. The molecule has 3 aromatic rings. The summed E-state index contributed by atoms with van der Waals surface area (Å²) in [5, 5.41) is 17.4. The predicted octanol–water partition coefficient (Wildman–Crippen LogP) is 4.72. The maximum atomic E-state index is 13.7. The Bertz CT molecular complexity index is 1640. The van der Waals surface area contributed by atoms with Gasteiger partial charge in [0.25, 0.3) is 5.91 Å². The van der Waals surface area contributed by atoms with Crippen LogP contribution in [0.15, 0.2) is 54.6 Å². The van der Waals surface area contributed by atoms with Crippen molar-refractivity contribution in [3.63, 3.8) is 0 Å². The third-order valence-electron chi connectivity index (χ3n) is 6.88. The number of alkyl halides is 6. The van der Waals surface area contributed by atoms with Gasteiger partial charge in [-0.3, -0.25) is 19.8 Å². The topological polar surface area (TPSA) is 163 Å². The number of carbonyl (C=O) groups is 4. The monoisotopic (exact) mass is 700 g/mol. The Hall–Kier alpha value is -4.93. The zero-order valence-electron chi connectivity index (χ0n) is 25.2. The summed E-state index contributed by atoms with van der Waals surface area (Å²) in [4.78, 5) is 51.2. The van der Waals surface area contributed by atoms with Gasteiger partial charge in [0.15, 0.2) is 0 Å². The molecule has 5 N–H and O–H groups in total. The van der Waals surface area contributed by atoms with Crippen LogP contribution in [0.5, 0.6) is 0 Å². The van der Waals surface area contributed by atoms with Crippen molar-refractivity contribution in [2.24, 2.45) is 5.73 Å². The van der Waals surface area contributed by atoms with Gasteiger partial charge in [0.2, 0.25) is 5.91 Å². The molecule has 1 aromatic heterocycles. The first-order valence-electron chi connectivity index (χ1n) is 14.2. The SMILES string of the molecule is CCOC(=O)Cc1cc2c(s1)CCN(C(=O)[C@H](Cc1ccc(C(F)(F)F)cc1)NC(=O)c1ccc(C(=N)N)cc1)C2.O=C(O)C(F)(F)F. The minimum Gasteiger partial charge on any atom is -0.475 e. The molecule has 0 saturated carbocycles. The highest BCUT2D eigenvalue weighted by Gasteiger charge is 2.38. The molecule has 0 fully saturated rings. The number of carboxylic acids is 1. The van der Waals surface area contributed by atoms with Gasteiger partial charge < -0.3 is 25.8 Å². The van der Waals surface area contributed by atoms with E-state index in [4.69, 9.17) is 25.8 Å². The number of carboxylic acid groups (broad SMARTS) is 1. The van der Waals surface area contributed by atoms with Gasteiger partial charge in [-0.15, -0.1) is 11.3 Å². The first-order chi connectivity index (χ1) is 22.4. The Morgan fingerprint density at radius 3 is 2.12 bits per heavy atom. The summed E-state index contributed by atoms with van der Waals surface area (Å²) in [6, 6.07) is 11.3. The maximum Gasteiger partial charge on any atom is 0.490 e. The molecule has 4 rings (SSSR count). The molecule has 1 aliphatic heterocycles. The average molecular weight is 701 g/mol. The minimum atomic E-state index is -5.08. The van der Waals surface area contributed by atoms with Gasteiger partial charge in [-0.05, 0) is 54.8 Å². The van der Waals surface area contributed by atoms with E-state index in [1.54, 1.807) is 11.8 Å². The Kier molecular flexibility index (Phi) is 12.3. The van der Waals surface area contributed by atoms with Crippen LogP contribution in [0.4, 0.5) is 26.3 Å². The molecule has 1 atom stereocenters. The number of aliphatic carboxylic acids is 1. The van der Waals surface area contributed by atoms with Crippen molar-refractivity contribution in [3.05, 3.63) is 92.2 Å². The number of benzene rings is 2. The van der Waals surface area contributed by atoms with Crippen molar-refractivity contribution in [3.8, 4) is 0 Å². The number of fused-ring (bicyclic) bond motifs is 1. The van der Waals surface area contributed by atoms with Crippen LogP contribution in [0.25, 0.3) is 0 Å². The summed E-state index contributed by atoms with van der Waals surface area (Å²) in [7, 11) is 0. The fraction of sp³-hybridized carbons (Fsp3) is 0.323. The molecule has 0 radical (unpaired) electrons. The average Bonchev–Trinajstić information content (AvgIpc) is 3.41. The van der Waals surface area contributed by atoms with Gasteiger partial charge in [0, 0.05) is 40.4 Å². The summed E-state index contributed by atoms with van der Waals surface area (Å²) in [5.74, 6) is -4.16. The van der Waals surface area contributed by atoms with E-state index in [-0.39, 0.29) is 42.7 Å². The number of amidine groups is 1. The van der Waals surface area contributed by atoms with Crippen molar-refractivity contribution in [2.75, 3.05) is 13.2 Å². The van der Waals surface area contributed by atoms with E-state index in [0.717, 1.165) is 27.5 Å². The Morgan fingerprint density at radius 1 is 1.02 bits per heavy atom. The molecule has 2 aromatic carbocycles. The molecule has 1 aliphatic rings. The number of amides is 2. The predicted molar refractivity (Wildman–Crippen MR) is 161 cm³/mol. The quantitative estimate of drug-likeness (QED) is 0.109. The van der Waals surface area contributed by atoms with Crippen LogP contribution < -0.4 is 11.1 Å². The second-order valence-corrected chi connectivity index (χ2v) is 11.6. The molecule has 0 aliphatic carbocycles. The molecule has 0 bridgehead atoms. The van der Waals surface area contributed by atoms with Crippen molar-refractivity contribution in [2.45, 2.75) is 51.1 Å². The second-order valence-electron chi connectivity index (χ2n) is 10.4. The molecule has 0 spiro atoms. The maximum absolute atomic E-state index is 13.7. The molecular formula is C31H30F6N4O6S. The number of nitrogen functional groups attached to an aromatic ring is 1. The molecule has 2 amide bonds. The summed E-state index contributed by atoms with van der Waals surface area (Å²) in [6.07, 6.45) is -8.88. The largest absolute Gasteiger partial charge is 0.490 e. The van der Waals surface area contributed by atoms with Gasteiger partial charge in [-0.1, -0.05) is 24.3 Å². The van der Waals surface area contributed by atoms with Crippen LogP contribution >= 0.6 is 11.3 Å². The molecule has 2 heterocycles. The first-order valence-corrected chi connectivity index (χ1v) is 15.0. The highest BCUT2D eigenvalue weighted by atomic mass is 32.1. The molecule has 48 heavy (non-hydrogen) atoms. The number of hydrogen-bond acceptors (Lipinski definition) is 7. The van der Waals surface area contributed by atoms with Gasteiger partial charge in [-0.25, -0.2) is 4.79 Å². The van der Waals surface area contributed by atoms with Crippen LogP contribution in [0.3, 0.4) is 0 Å². The second kappa shape index (κ2) is 15.8. The fourth-order valence-corrected chi connectivity index (χ4v) is 5.71. The summed E-state index contributed by atoms with van der Waals surface area (Å²) < 4.78 is 75.9. The van der Waals surface area contributed by atoms with E-state index in [9.17, 15) is 40.7 Å². The van der Waals surface area contributed by atoms with Gasteiger partial charge >= 0.3 is 24.3 Å². The molecular weight excluding hydrogens is 670 g/mol. The van der Waals surface area contributed by atoms with Crippen molar-refractivity contribution >= 4 is 40.9 Å². The molecule has 0 saturated heterocycles. The number of nitrogens with one attached hydrogen (secondary N) is 2. The normalized spacial score (nSPS) is 13.4. The van der Waals surface area contributed by atoms with Crippen LogP contribution in [0.2, 0.25) is 0 Å². The van der Waals surface area contributed by atoms with Crippen molar-refractivity contribution in [1.29, 1.82) is 5.41 Å². The lowest BCUT2D eigenvalue weighted by molar-refractivity contribution is -0.192. The van der Waals surface area contributed by atoms with Crippen LogP contribution in [-0.4, -0.2) is 65.0 Å². The third-order valence-corrected chi connectivity index (χ3v) is 8.12. The Morgan fingerprint density at radius 2 is 1.60 bits per heavy atom.